The highest BCUT2D eigenvalue weighted by Gasteiger charge is 2.25. The first-order valence-electron chi connectivity index (χ1n) is 8.80. The van der Waals surface area contributed by atoms with Gasteiger partial charge >= 0.3 is 0 Å². The van der Waals surface area contributed by atoms with Gasteiger partial charge in [-0.3, -0.25) is 9.69 Å². The van der Waals surface area contributed by atoms with Crippen molar-refractivity contribution >= 4 is 17.2 Å². The maximum Gasteiger partial charge on any atom is 0.231 e. The van der Waals surface area contributed by atoms with Crippen LogP contribution in [0.1, 0.15) is 16.5 Å². The molecule has 138 valence electrons. The molecule has 1 aromatic heterocycles. The van der Waals surface area contributed by atoms with Crippen LogP contribution in [0, 0.1) is 0 Å². The van der Waals surface area contributed by atoms with Crippen molar-refractivity contribution in [3.05, 3.63) is 46.2 Å². The Labute approximate surface area is 156 Å². The van der Waals surface area contributed by atoms with Gasteiger partial charge in [-0.25, -0.2) is 0 Å². The molecule has 0 radical (unpaired) electrons. The fraction of sp³-hybridized carbons (Fsp3) is 0.421. The van der Waals surface area contributed by atoms with Crippen LogP contribution in [0.2, 0.25) is 0 Å². The van der Waals surface area contributed by atoms with Crippen LogP contribution >= 0.6 is 11.3 Å². The fourth-order valence-corrected chi connectivity index (χ4v) is 4.02. The van der Waals surface area contributed by atoms with Crippen LogP contribution in [-0.2, 0) is 16.0 Å². The second-order valence-electron chi connectivity index (χ2n) is 6.34. The van der Waals surface area contributed by atoms with Gasteiger partial charge in [-0.2, -0.15) is 0 Å². The monoisotopic (exact) mass is 374 g/mol. The van der Waals surface area contributed by atoms with Gasteiger partial charge in [-0.1, -0.05) is 12.1 Å². The second-order valence-corrected chi connectivity index (χ2v) is 7.37. The number of fused-ring (bicyclic) bond motifs is 1. The van der Waals surface area contributed by atoms with E-state index in [2.05, 4.69) is 16.3 Å². The molecule has 0 aliphatic carbocycles. The molecule has 1 fully saturated rings. The molecular formula is C19H22N2O4S. The lowest BCUT2D eigenvalue weighted by Crippen LogP contribution is -2.44. The third-order valence-corrected chi connectivity index (χ3v) is 5.55. The first-order valence-corrected chi connectivity index (χ1v) is 9.68. The molecule has 2 aliphatic heterocycles. The Morgan fingerprint density at radius 3 is 2.85 bits per heavy atom. The average molecular weight is 374 g/mol. The SMILES string of the molecule is O=C(Cc1cccs1)NCC(c1ccc2c(c1)OCO2)N1CCOCC1. The lowest BCUT2D eigenvalue weighted by atomic mass is 10.0. The van der Waals surface area contributed by atoms with Crippen molar-refractivity contribution in [3.8, 4) is 11.5 Å². The van der Waals surface area contributed by atoms with E-state index in [0.717, 1.165) is 35.0 Å². The molecule has 6 nitrogen and oxygen atoms in total. The van der Waals surface area contributed by atoms with Gasteiger partial charge in [0.2, 0.25) is 12.7 Å². The number of ether oxygens (including phenoxy) is 3. The van der Waals surface area contributed by atoms with Crippen molar-refractivity contribution in [1.29, 1.82) is 0 Å². The second kappa shape index (κ2) is 8.07. The van der Waals surface area contributed by atoms with Crippen molar-refractivity contribution < 1.29 is 19.0 Å². The number of thiophene rings is 1. The standard InChI is InChI=1S/C19H22N2O4S/c22-19(11-15-2-1-9-26-15)20-12-16(21-5-7-23-8-6-21)14-3-4-17-18(10-14)25-13-24-17/h1-4,9-10,16H,5-8,11-13H2,(H,20,22). The summed E-state index contributed by atoms with van der Waals surface area (Å²) in [6, 6.07) is 10.1. The summed E-state index contributed by atoms with van der Waals surface area (Å²) in [5.41, 5.74) is 1.12. The Hall–Kier alpha value is -2.09. The maximum atomic E-state index is 12.3. The molecular weight excluding hydrogens is 352 g/mol. The van der Waals surface area contributed by atoms with Crippen LogP contribution in [0.15, 0.2) is 35.7 Å². The molecule has 0 spiro atoms. The maximum absolute atomic E-state index is 12.3. The molecule has 1 unspecified atom stereocenters. The number of hydrogen-bond acceptors (Lipinski definition) is 6. The van der Waals surface area contributed by atoms with E-state index in [4.69, 9.17) is 14.2 Å². The van der Waals surface area contributed by atoms with E-state index < -0.39 is 0 Å². The Balaban J connectivity index is 1.46. The molecule has 3 heterocycles. The van der Waals surface area contributed by atoms with Crippen molar-refractivity contribution in [1.82, 2.24) is 10.2 Å². The van der Waals surface area contributed by atoms with E-state index in [9.17, 15) is 4.79 Å². The molecule has 1 saturated heterocycles. The highest BCUT2D eigenvalue weighted by molar-refractivity contribution is 7.10. The quantitative estimate of drug-likeness (QED) is 0.840. The van der Waals surface area contributed by atoms with E-state index in [-0.39, 0.29) is 18.7 Å². The summed E-state index contributed by atoms with van der Waals surface area (Å²) in [5.74, 6) is 1.59. The molecule has 7 heteroatoms. The van der Waals surface area contributed by atoms with Crippen LogP contribution in [0.4, 0.5) is 0 Å². The van der Waals surface area contributed by atoms with Gasteiger partial charge in [-0.15, -0.1) is 11.3 Å². The van der Waals surface area contributed by atoms with Gasteiger partial charge in [0.15, 0.2) is 11.5 Å². The molecule has 1 atom stereocenters. The van der Waals surface area contributed by atoms with Crippen molar-refractivity contribution in [3.63, 3.8) is 0 Å². The van der Waals surface area contributed by atoms with Gasteiger partial charge in [0.05, 0.1) is 25.7 Å². The third-order valence-electron chi connectivity index (χ3n) is 4.68. The largest absolute Gasteiger partial charge is 0.454 e. The summed E-state index contributed by atoms with van der Waals surface area (Å²) in [6.45, 7) is 3.94. The highest BCUT2D eigenvalue weighted by atomic mass is 32.1. The number of nitrogens with zero attached hydrogens (tertiary/aromatic N) is 1. The van der Waals surface area contributed by atoms with Crippen molar-refractivity contribution in [2.75, 3.05) is 39.6 Å². The summed E-state index contributed by atoms with van der Waals surface area (Å²) < 4.78 is 16.4. The number of rotatable bonds is 6. The molecule has 0 saturated carbocycles. The van der Waals surface area contributed by atoms with Gasteiger partial charge < -0.3 is 19.5 Å². The Kier molecular flexibility index (Phi) is 5.38. The van der Waals surface area contributed by atoms with Gasteiger partial charge in [-0.05, 0) is 29.1 Å². The van der Waals surface area contributed by atoms with Gasteiger partial charge in [0, 0.05) is 24.5 Å². The first-order chi connectivity index (χ1) is 12.8. The third kappa shape index (κ3) is 4.00. The number of morpholine rings is 1. The lowest BCUT2D eigenvalue weighted by Gasteiger charge is -2.35. The Morgan fingerprint density at radius 1 is 1.19 bits per heavy atom. The zero-order valence-corrected chi connectivity index (χ0v) is 15.3. The predicted octanol–water partition coefficient (Wildman–Crippen LogP) is 2.21. The first kappa shape index (κ1) is 17.3. The number of nitrogens with one attached hydrogen (secondary N) is 1. The van der Waals surface area contributed by atoms with Crippen molar-refractivity contribution in [2.45, 2.75) is 12.5 Å². The van der Waals surface area contributed by atoms with Crippen LogP contribution in [-0.4, -0.2) is 50.4 Å². The molecule has 2 aliphatic rings. The van der Waals surface area contributed by atoms with Crippen LogP contribution in [0.25, 0.3) is 0 Å². The lowest BCUT2D eigenvalue weighted by molar-refractivity contribution is -0.120. The molecule has 0 bridgehead atoms. The normalized spacial score (nSPS) is 17.8. The zero-order chi connectivity index (χ0) is 17.8. The van der Waals surface area contributed by atoms with Gasteiger partial charge in [0.1, 0.15) is 0 Å². The van der Waals surface area contributed by atoms with E-state index >= 15 is 0 Å². The van der Waals surface area contributed by atoms with E-state index in [1.807, 2.05) is 29.6 Å². The molecule has 4 rings (SSSR count). The predicted molar refractivity (Wildman–Crippen MR) is 98.7 cm³/mol. The topological polar surface area (TPSA) is 60.0 Å². The zero-order valence-electron chi connectivity index (χ0n) is 14.5. The summed E-state index contributed by atoms with van der Waals surface area (Å²) in [7, 11) is 0. The van der Waals surface area contributed by atoms with E-state index in [1.165, 1.54) is 0 Å². The molecule has 1 N–H and O–H groups in total. The number of amides is 1. The number of carbonyl (C=O) groups is 1. The number of benzene rings is 1. The molecule has 26 heavy (non-hydrogen) atoms. The van der Waals surface area contributed by atoms with E-state index in [0.29, 0.717) is 26.2 Å². The van der Waals surface area contributed by atoms with Crippen molar-refractivity contribution in [2.24, 2.45) is 0 Å². The minimum Gasteiger partial charge on any atom is -0.454 e. The van der Waals surface area contributed by atoms with Crippen LogP contribution in [0.5, 0.6) is 11.5 Å². The Morgan fingerprint density at radius 2 is 2.04 bits per heavy atom. The molecule has 1 aromatic carbocycles. The summed E-state index contributed by atoms with van der Waals surface area (Å²) in [5, 5.41) is 5.09. The van der Waals surface area contributed by atoms with E-state index in [1.54, 1.807) is 11.3 Å². The summed E-state index contributed by atoms with van der Waals surface area (Å²) in [6.07, 6.45) is 0.425. The van der Waals surface area contributed by atoms with Gasteiger partial charge in [0.25, 0.3) is 0 Å². The molecule has 2 aromatic rings. The molecule has 1 amide bonds. The summed E-state index contributed by atoms with van der Waals surface area (Å²) in [4.78, 5) is 15.8. The minimum absolute atomic E-state index is 0.0476. The van der Waals surface area contributed by atoms with Crippen LogP contribution < -0.4 is 14.8 Å². The summed E-state index contributed by atoms with van der Waals surface area (Å²) >= 11 is 1.61. The van der Waals surface area contributed by atoms with Crippen LogP contribution in [0.3, 0.4) is 0 Å². The highest BCUT2D eigenvalue weighted by Crippen LogP contribution is 2.35. The minimum atomic E-state index is 0.0476. The fourth-order valence-electron chi connectivity index (χ4n) is 3.31. The number of carbonyl (C=O) groups excluding carboxylic acids is 1. The Bertz CT molecular complexity index is 744. The average Bonchev–Trinajstić information content (AvgIpc) is 3.34. The smallest absolute Gasteiger partial charge is 0.231 e. The number of hydrogen-bond donors (Lipinski definition) is 1.